The number of thiophene rings is 1. The molecule has 0 spiro atoms. The topological polar surface area (TPSA) is 37.3 Å². The molecule has 1 N–H and O–H groups in total. The monoisotopic (exact) mass is 272 g/mol. The Balaban J connectivity index is 2.04. The van der Waals surface area contributed by atoms with Gasteiger partial charge in [-0.15, -0.1) is 11.3 Å². The molecule has 0 saturated carbocycles. The fraction of sp³-hybridized carbons (Fsp3) is 0.312. The van der Waals surface area contributed by atoms with Crippen molar-refractivity contribution >= 4 is 17.3 Å². The maximum absolute atomic E-state index is 11.0. The molecule has 0 fully saturated rings. The second kappa shape index (κ2) is 4.82. The van der Waals surface area contributed by atoms with Crippen LogP contribution in [-0.4, -0.2) is 11.1 Å². The lowest BCUT2D eigenvalue weighted by Crippen LogP contribution is -2.02. The second-order valence-corrected chi connectivity index (χ2v) is 6.17. The highest BCUT2D eigenvalue weighted by atomic mass is 32.1. The summed E-state index contributed by atoms with van der Waals surface area (Å²) < 4.78 is 0. The molecule has 1 aliphatic rings. The average Bonchev–Trinajstić information content (AvgIpc) is 2.80. The van der Waals surface area contributed by atoms with Crippen molar-refractivity contribution < 1.29 is 9.90 Å². The van der Waals surface area contributed by atoms with E-state index in [1.807, 2.05) is 6.92 Å². The summed E-state index contributed by atoms with van der Waals surface area (Å²) in [5.41, 5.74) is 5.12. The van der Waals surface area contributed by atoms with Crippen LogP contribution in [0.25, 0.3) is 10.4 Å². The average molecular weight is 272 g/mol. The Hall–Kier alpha value is -1.61. The van der Waals surface area contributed by atoms with Crippen LogP contribution in [0.2, 0.25) is 0 Å². The third-order valence-electron chi connectivity index (χ3n) is 3.74. The minimum Gasteiger partial charge on any atom is -0.477 e. The van der Waals surface area contributed by atoms with Crippen molar-refractivity contribution in [2.45, 2.75) is 32.6 Å². The van der Waals surface area contributed by atoms with Crippen molar-refractivity contribution in [2.24, 2.45) is 0 Å². The van der Waals surface area contributed by atoms with Crippen LogP contribution in [0, 0.1) is 6.92 Å². The molecule has 1 aliphatic carbocycles. The first-order valence-electron chi connectivity index (χ1n) is 6.61. The van der Waals surface area contributed by atoms with E-state index < -0.39 is 5.97 Å². The quantitative estimate of drug-likeness (QED) is 0.885. The summed E-state index contributed by atoms with van der Waals surface area (Å²) in [6.07, 6.45) is 4.88. The Bertz CT molecular complexity index is 640. The van der Waals surface area contributed by atoms with Crippen LogP contribution >= 0.6 is 11.3 Å². The SMILES string of the molecule is Cc1cc(C(=O)O)sc1-c1ccc2c(c1)CCCC2. The van der Waals surface area contributed by atoms with Crippen LogP contribution in [0.15, 0.2) is 24.3 Å². The van der Waals surface area contributed by atoms with Crippen LogP contribution < -0.4 is 0 Å². The highest BCUT2D eigenvalue weighted by Gasteiger charge is 2.15. The van der Waals surface area contributed by atoms with E-state index in [0.717, 1.165) is 22.4 Å². The number of carboxylic acid groups (broad SMARTS) is 1. The van der Waals surface area contributed by atoms with Gasteiger partial charge < -0.3 is 5.11 Å². The molecule has 3 rings (SSSR count). The van der Waals surface area contributed by atoms with E-state index in [9.17, 15) is 4.79 Å². The maximum Gasteiger partial charge on any atom is 0.345 e. The smallest absolute Gasteiger partial charge is 0.345 e. The van der Waals surface area contributed by atoms with E-state index in [-0.39, 0.29) is 0 Å². The first-order valence-corrected chi connectivity index (χ1v) is 7.42. The molecule has 19 heavy (non-hydrogen) atoms. The number of aromatic carboxylic acids is 1. The molecule has 0 unspecified atom stereocenters. The van der Waals surface area contributed by atoms with Gasteiger partial charge in [0.15, 0.2) is 0 Å². The molecule has 98 valence electrons. The number of fused-ring (bicyclic) bond motifs is 1. The first kappa shape index (κ1) is 12.4. The minimum atomic E-state index is -0.836. The van der Waals surface area contributed by atoms with E-state index in [1.54, 1.807) is 6.07 Å². The van der Waals surface area contributed by atoms with Crippen molar-refractivity contribution in [3.63, 3.8) is 0 Å². The van der Waals surface area contributed by atoms with Gasteiger partial charge in [0.25, 0.3) is 0 Å². The Labute approximate surface area is 116 Å². The van der Waals surface area contributed by atoms with Gasteiger partial charge in [0, 0.05) is 4.88 Å². The van der Waals surface area contributed by atoms with Gasteiger partial charge in [0.2, 0.25) is 0 Å². The Morgan fingerprint density at radius 1 is 1.16 bits per heavy atom. The van der Waals surface area contributed by atoms with Crippen LogP contribution in [0.3, 0.4) is 0 Å². The van der Waals surface area contributed by atoms with Gasteiger partial charge in [0.1, 0.15) is 4.88 Å². The number of hydrogen-bond donors (Lipinski definition) is 1. The Morgan fingerprint density at radius 3 is 2.58 bits per heavy atom. The molecule has 0 amide bonds. The third kappa shape index (κ3) is 2.30. The summed E-state index contributed by atoms with van der Waals surface area (Å²) in [4.78, 5) is 12.6. The largest absolute Gasteiger partial charge is 0.477 e. The number of carbonyl (C=O) groups is 1. The summed E-state index contributed by atoms with van der Waals surface area (Å²) in [6, 6.07) is 8.36. The molecule has 2 nitrogen and oxygen atoms in total. The Morgan fingerprint density at radius 2 is 1.89 bits per heavy atom. The van der Waals surface area contributed by atoms with Crippen molar-refractivity contribution in [2.75, 3.05) is 0 Å². The van der Waals surface area contributed by atoms with Crippen LogP contribution in [-0.2, 0) is 12.8 Å². The molecule has 0 atom stereocenters. The minimum absolute atomic E-state index is 0.422. The predicted octanol–water partition coefficient (Wildman–Crippen LogP) is 4.30. The summed E-state index contributed by atoms with van der Waals surface area (Å²) >= 11 is 1.37. The van der Waals surface area contributed by atoms with E-state index in [2.05, 4.69) is 18.2 Å². The van der Waals surface area contributed by atoms with Crippen LogP contribution in [0.4, 0.5) is 0 Å². The lowest BCUT2D eigenvalue weighted by molar-refractivity contribution is 0.0702. The summed E-state index contributed by atoms with van der Waals surface area (Å²) in [7, 11) is 0. The van der Waals surface area contributed by atoms with E-state index >= 15 is 0 Å². The summed E-state index contributed by atoms with van der Waals surface area (Å²) in [6.45, 7) is 1.98. The predicted molar refractivity (Wildman–Crippen MR) is 78.1 cm³/mol. The number of rotatable bonds is 2. The van der Waals surface area contributed by atoms with Gasteiger partial charge >= 0.3 is 5.97 Å². The van der Waals surface area contributed by atoms with Crippen molar-refractivity contribution in [3.8, 4) is 10.4 Å². The highest BCUT2D eigenvalue weighted by molar-refractivity contribution is 7.17. The molecule has 0 saturated heterocycles. The zero-order valence-electron chi connectivity index (χ0n) is 10.9. The van der Waals surface area contributed by atoms with Gasteiger partial charge in [-0.1, -0.05) is 18.2 Å². The molecule has 1 aromatic heterocycles. The molecule has 0 bridgehead atoms. The van der Waals surface area contributed by atoms with E-state index in [1.165, 1.54) is 41.7 Å². The second-order valence-electron chi connectivity index (χ2n) is 5.12. The van der Waals surface area contributed by atoms with Crippen LogP contribution in [0.5, 0.6) is 0 Å². The van der Waals surface area contributed by atoms with Gasteiger partial charge in [-0.3, -0.25) is 0 Å². The molecule has 0 radical (unpaired) electrons. The van der Waals surface area contributed by atoms with Gasteiger partial charge in [0.05, 0.1) is 0 Å². The standard InChI is InChI=1S/C16H16O2S/c1-10-8-14(16(17)18)19-15(10)13-7-6-11-4-2-3-5-12(11)9-13/h6-9H,2-5H2,1H3,(H,17,18). The molecular formula is C16H16O2S. The third-order valence-corrected chi connectivity index (χ3v) is 5.01. The van der Waals surface area contributed by atoms with Gasteiger partial charge in [-0.25, -0.2) is 4.79 Å². The highest BCUT2D eigenvalue weighted by Crippen LogP contribution is 2.34. The molecule has 1 heterocycles. The van der Waals surface area contributed by atoms with Gasteiger partial charge in [-0.2, -0.15) is 0 Å². The van der Waals surface area contributed by atoms with Crippen molar-refractivity contribution in [3.05, 3.63) is 45.8 Å². The summed E-state index contributed by atoms with van der Waals surface area (Å²) in [5, 5.41) is 9.07. The molecule has 1 aromatic carbocycles. The molecule has 2 aromatic rings. The van der Waals surface area contributed by atoms with Crippen LogP contribution in [0.1, 0.15) is 39.2 Å². The summed E-state index contributed by atoms with van der Waals surface area (Å²) in [5.74, 6) is -0.836. The lowest BCUT2D eigenvalue weighted by atomic mass is 9.90. The van der Waals surface area contributed by atoms with E-state index in [4.69, 9.17) is 5.11 Å². The fourth-order valence-corrected chi connectivity index (χ4v) is 3.76. The zero-order valence-corrected chi connectivity index (χ0v) is 11.7. The fourth-order valence-electron chi connectivity index (χ4n) is 2.75. The normalized spacial score (nSPS) is 14.2. The lowest BCUT2D eigenvalue weighted by Gasteiger charge is -2.16. The molecule has 0 aliphatic heterocycles. The first-order chi connectivity index (χ1) is 9.15. The maximum atomic E-state index is 11.0. The molecular weight excluding hydrogens is 256 g/mol. The van der Waals surface area contributed by atoms with Crippen molar-refractivity contribution in [1.82, 2.24) is 0 Å². The zero-order chi connectivity index (χ0) is 13.4. The Kier molecular flexibility index (Phi) is 3.15. The number of benzene rings is 1. The number of carboxylic acids is 1. The number of hydrogen-bond acceptors (Lipinski definition) is 2. The number of aryl methyl sites for hydroxylation is 3. The van der Waals surface area contributed by atoms with Gasteiger partial charge in [-0.05, 0) is 60.9 Å². The van der Waals surface area contributed by atoms with E-state index in [0.29, 0.717) is 4.88 Å². The van der Waals surface area contributed by atoms with Crippen molar-refractivity contribution in [1.29, 1.82) is 0 Å². The molecule has 3 heteroatoms.